The van der Waals surface area contributed by atoms with Crippen molar-refractivity contribution in [3.63, 3.8) is 0 Å². The predicted octanol–water partition coefficient (Wildman–Crippen LogP) is -1.93. The lowest BCUT2D eigenvalue weighted by Crippen LogP contribution is -2.71. The number of thioether (sulfide) groups is 1. The average molecular weight is 550 g/mol. The second-order valence-corrected chi connectivity index (χ2v) is 10.1. The molecule has 15 nitrogen and oxygen atoms in total. The molecule has 2 fully saturated rings. The molecular weight excluding hydrogens is 526 g/mol. The van der Waals surface area contributed by atoms with E-state index in [0.29, 0.717) is 30.7 Å². The molecule has 0 spiro atoms. The lowest BCUT2D eigenvalue weighted by molar-refractivity contribution is -0.150. The Balaban J connectivity index is 1.49. The van der Waals surface area contributed by atoms with Crippen LogP contribution in [0.1, 0.15) is 12.1 Å². The van der Waals surface area contributed by atoms with Gasteiger partial charge in [0.1, 0.15) is 22.8 Å². The number of aliphatic imine (C=N–C) groups is 1. The molecule has 0 saturated carbocycles. The molecule has 0 bridgehead atoms. The number of nitrogens with one attached hydrogen (secondary N) is 1. The number of carbonyl (C=O) groups excluding carboxylic acids is 3. The zero-order valence-electron chi connectivity index (χ0n) is 19.2. The Bertz CT molecular complexity index is 1280. The number of aromatic nitrogens is 1. The van der Waals surface area contributed by atoms with Gasteiger partial charge in [0.05, 0.1) is 6.54 Å². The van der Waals surface area contributed by atoms with Gasteiger partial charge in [-0.3, -0.25) is 24.3 Å². The molecule has 3 amide bonds. The number of thiazole rings is 1. The maximum absolute atomic E-state index is 12.9. The maximum atomic E-state index is 12.9. The van der Waals surface area contributed by atoms with Crippen molar-refractivity contribution in [3.05, 3.63) is 34.0 Å². The molecule has 1 aromatic rings. The van der Waals surface area contributed by atoms with Crippen LogP contribution in [-0.4, -0.2) is 97.3 Å². The number of hydrogen-bond acceptors (Lipinski definition) is 11. The lowest BCUT2D eigenvalue weighted by atomic mass is 10.0. The Labute approximate surface area is 217 Å². The summed E-state index contributed by atoms with van der Waals surface area (Å²) < 4.78 is 0. The monoisotopic (exact) mass is 549 g/mol. The van der Waals surface area contributed by atoms with Crippen LogP contribution in [0.15, 0.2) is 38.4 Å². The van der Waals surface area contributed by atoms with E-state index in [1.807, 2.05) is 0 Å². The maximum Gasteiger partial charge on any atom is 0.352 e. The number of guanidine groups is 1. The Kier molecular flexibility index (Phi) is 7.35. The van der Waals surface area contributed by atoms with Crippen molar-refractivity contribution in [3.8, 4) is 0 Å². The van der Waals surface area contributed by atoms with Crippen LogP contribution in [-0.2, 0) is 19.2 Å². The normalized spacial score (nSPS) is 22.7. The molecule has 9 N–H and O–H groups in total. The molecule has 0 aliphatic carbocycles. The number of carboxylic acids is 1. The highest BCUT2D eigenvalue weighted by molar-refractivity contribution is 8.00. The van der Waals surface area contributed by atoms with E-state index in [4.69, 9.17) is 17.2 Å². The minimum absolute atomic E-state index is 0.0380. The zero-order valence-corrected chi connectivity index (χ0v) is 20.8. The molecule has 3 aliphatic rings. The third-order valence-electron chi connectivity index (χ3n) is 5.79. The van der Waals surface area contributed by atoms with Gasteiger partial charge in [0, 0.05) is 29.8 Å². The van der Waals surface area contributed by atoms with Crippen LogP contribution in [0, 0.1) is 0 Å². The zero-order chi connectivity index (χ0) is 26.9. The minimum Gasteiger partial charge on any atom is -0.477 e. The first-order valence-corrected chi connectivity index (χ1v) is 12.8. The van der Waals surface area contributed by atoms with Crippen molar-refractivity contribution in [2.75, 3.05) is 31.1 Å². The van der Waals surface area contributed by atoms with Gasteiger partial charge >= 0.3 is 5.97 Å². The fourth-order valence-electron chi connectivity index (χ4n) is 4.10. The number of hydrogen-bond donors (Lipinski definition) is 6. The molecule has 17 heteroatoms. The Morgan fingerprint density at radius 1 is 1.32 bits per heavy atom. The van der Waals surface area contributed by atoms with Crippen molar-refractivity contribution in [1.82, 2.24) is 20.1 Å². The molecule has 2 atom stereocenters. The Morgan fingerprint density at radius 3 is 2.70 bits per heavy atom. The number of nitrogens with zero attached hydrogens (tertiary/aromatic N) is 5. The van der Waals surface area contributed by atoms with E-state index >= 15 is 0 Å². The van der Waals surface area contributed by atoms with Gasteiger partial charge in [-0.1, -0.05) is 5.16 Å². The molecule has 37 heavy (non-hydrogen) atoms. The van der Waals surface area contributed by atoms with Crippen molar-refractivity contribution in [2.45, 2.75) is 17.8 Å². The molecule has 0 radical (unpaired) electrons. The van der Waals surface area contributed by atoms with Crippen molar-refractivity contribution in [1.29, 1.82) is 0 Å². The molecule has 2 saturated heterocycles. The average Bonchev–Trinajstić information content (AvgIpc) is 3.42. The third-order valence-corrected chi connectivity index (χ3v) is 7.77. The molecule has 4 heterocycles. The number of oxime groups is 1. The van der Waals surface area contributed by atoms with Crippen LogP contribution in [0.4, 0.5) is 5.13 Å². The summed E-state index contributed by atoms with van der Waals surface area (Å²) in [7, 11) is 0. The highest BCUT2D eigenvalue weighted by Gasteiger charge is 2.54. The minimum atomic E-state index is -1.33. The summed E-state index contributed by atoms with van der Waals surface area (Å²) in [4.78, 5) is 60.8. The molecule has 3 aliphatic heterocycles. The lowest BCUT2D eigenvalue weighted by Gasteiger charge is -2.49. The van der Waals surface area contributed by atoms with E-state index in [9.17, 15) is 29.5 Å². The molecule has 0 aromatic carbocycles. The highest BCUT2D eigenvalue weighted by atomic mass is 32.2. The van der Waals surface area contributed by atoms with Gasteiger partial charge in [0.25, 0.3) is 11.8 Å². The standard InChI is InChI=1S/C20H23N9O6S2/c21-19(22)24-2-4-28-3-1-8(15(28)31)5-9-6-36-17-12(16(32)29(17)13(9)18(33)34)26-14(30)11(27-35)10-7-37-20(23)25-10/h5,7,12,17,35H,1-4,6H2,(H2,23,25)(H,26,30)(H,33,34)(H4,21,22,24)/b8-5+,27-11-/t12-,17-/m1/s1. The fourth-order valence-corrected chi connectivity index (χ4v) is 5.95. The largest absolute Gasteiger partial charge is 0.477 e. The number of allylic oxidation sites excluding steroid dienone is 1. The van der Waals surface area contributed by atoms with E-state index in [1.165, 1.54) is 23.2 Å². The van der Waals surface area contributed by atoms with E-state index in [-0.39, 0.29) is 40.7 Å². The predicted molar refractivity (Wildman–Crippen MR) is 134 cm³/mol. The quantitative estimate of drug-likeness (QED) is 0.0521. The number of nitrogens with two attached hydrogens (primary N) is 3. The van der Waals surface area contributed by atoms with Gasteiger partial charge in [0.2, 0.25) is 5.91 Å². The van der Waals surface area contributed by atoms with Crippen LogP contribution in [0.25, 0.3) is 0 Å². The van der Waals surface area contributed by atoms with Gasteiger partial charge < -0.3 is 37.7 Å². The molecular formula is C20H23N9O6S2. The highest BCUT2D eigenvalue weighted by Crippen LogP contribution is 2.41. The van der Waals surface area contributed by atoms with E-state index in [0.717, 1.165) is 16.2 Å². The smallest absolute Gasteiger partial charge is 0.352 e. The summed E-state index contributed by atoms with van der Waals surface area (Å²) in [5, 5.41) is 25.5. The molecule has 1 aromatic heterocycles. The van der Waals surface area contributed by atoms with Crippen LogP contribution in [0.2, 0.25) is 0 Å². The van der Waals surface area contributed by atoms with Gasteiger partial charge in [-0.05, 0) is 18.1 Å². The molecule has 196 valence electrons. The first kappa shape index (κ1) is 26.0. The number of anilines is 1. The van der Waals surface area contributed by atoms with Crippen molar-refractivity contribution >= 4 is 63.6 Å². The first-order valence-electron chi connectivity index (χ1n) is 10.8. The number of rotatable bonds is 8. The van der Waals surface area contributed by atoms with Gasteiger partial charge in [-0.25, -0.2) is 9.78 Å². The molecule has 0 unspecified atom stereocenters. The topological polar surface area (TPSA) is 243 Å². The molecule has 4 rings (SSSR count). The first-order chi connectivity index (χ1) is 17.6. The van der Waals surface area contributed by atoms with Crippen LogP contribution in [0.5, 0.6) is 0 Å². The van der Waals surface area contributed by atoms with Gasteiger partial charge in [-0.15, -0.1) is 23.1 Å². The fraction of sp³-hybridized carbons (Fsp3) is 0.350. The summed E-state index contributed by atoms with van der Waals surface area (Å²) >= 11 is 2.28. The van der Waals surface area contributed by atoms with Crippen molar-refractivity contribution < 1.29 is 29.5 Å². The number of aliphatic carboxylic acids is 1. The SMILES string of the molecule is NC(N)=NCCN1CC/C(=C\C2=C(C(=O)O)N3C(=O)[C@@H](NC(=O)/C(=N\O)c4csc(N)n4)[C@H]3SC2)C1=O. The Morgan fingerprint density at radius 2 is 2.08 bits per heavy atom. The number of amides is 3. The summed E-state index contributed by atoms with van der Waals surface area (Å²) in [5.41, 5.74) is 16.3. The van der Waals surface area contributed by atoms with E-state index in [1.54, 1.807) is 4.90 Å². The van der Waals surface area contributed by atoms with E-state index in [2.05, 4.69) is 20.4 Å². The third kappa shape index (κ3) is 5.08. The summed E-state index contributed by atoms with van der Waals surface area (Å²) in [6, 6.07) is -1.05. The number of carboxylic acid groups (broad SMARTS) is 1. The van der Waals surface area contributed by atoms with Crippen LogP contribution in [0.3, 0.4) is 0 Å². The van der Waals surface area contributed by atoms with E-state index < -0.39 is 34.9 Å². The van der Waals surface area contributed by atoms with Crippen molar-refractivity contribution in [2.24, 2.45) is 21.6 Å². The summed E-state index contributed by atoms with van der Waals surface area (Å²) in [5.74, 6) is -2.98. The second-order valence-electron chi connectivity index (χ2n) is 8.08. The number of likely N-dealkylation sites (tertiary alicyclic amines) is 1. The second kappa shape index (κ2) is 10.5. The number of β-lactam (4-membered cyclic amide) rings is 1. The van der Waals surface area contributed by atoms with Gasteiger partial charge in [0.15, 0.2) is 16.8 Å². The van der Waals surface area contributed by atoms with Crippen LogP contribution < -0.4 is 22.5 Å². The summed E-state index contributed by atoms with van der Waals surface area (Å²) in [6.45, 7) is 0.997. The Hall–Kier alpha value is -4.12. The summed E-state index contributed by atoms with van der Waals surface area (Å²) in [6.07, 6.45) is 1.92. The number of fused-ring (bicyclic) bond motifs is 1. The number of carbonyl (C=O) groups is 4. The van der Waals surface area contributed by atoms with Crippen LogP contribution >= 0.6 is 23.1 Å². The van der Waals surface area contributed by atoms with Gasteiger partial charge in [-0.2, -0.15) is 0 Å². The number of nitrogen functional groups attached to an aromatic ring is 1.